The number of hydrogen-bond donors (Lipinski definition) is 3. The molecule has 0 amide bonds. The van der Waals surface area contributed by atoms with Crippen molar-refractivity contribution in [3.63, 3.8) is 0 Å². The minimum atomic E-state index is -0.909. The molecule has 0 saturated carbocycles. The molecule has 1 aromatic rings. The molecule has 1 atom stereocenters. The van der Waals surface area contributed by atoms with Crippen LogP contribution in [0.1, 0.15) is 5.56 Å². The Morgan fingerprint density at radius 1 is 1.03 bits per heavy atom. The number of carbonyl (C=O) groups is 2. The number of carboxylic acids is 2. The van der Waals surface area contributed by atoms with Crippen molar-refractivity contribution < 1.29 is 24.5 Å². The van der Waals surface area contributed by atoms with Crippen LogP contribution in [0.25, 0.3) is 0 Å². The Labute approximate surface area is 171 Å². The number of anilines is 1. The van der Waals surface area contributed by atoms with E-state index in [1.807, 2.05) is 41.1 Å². The van der Waals surface area contributed by atoms with Crippen LogP contribution in [0.2, 0.25) is 0 Å². The minimum Gasteiger partial charge on any atom is -0.480 e. The number of nitrogens with two attached hydrogens (primary N) is 1. The van der Waals surface area contributed by atoms with Crippen molar-refractivity contribution in [2.75, 3.05) is 71.8 Å². The van der Waals surface area contributed by atoms with Crippen LogP contribution in [-0.2, 0) is 20.7 Å². The fourth-order valence-electron chi connectivity index (χ4n) is 3.45. The molecule has 0 aliphatic carbocycles. The number of likely N-dealkylation sites (N-methyl/N-ethyl adjacent to an activating group) is 1. The number of benzene rings is 1. The van der Waals surface area contributed by atoms with Crippen LogP contribution in [-0.4, -0.2) is 109 Å². The molecule has 162 valence electrons. The Morgan fingerprint density at radius 3 is 2.34 bits per heavy atom. The van der Waals surface area contributed by atoms with Gasteiger partial charge in [-0.15, -0.1) is 0 Å². The Balaban J connectivity index is 2.26. The molecule has 9 heteroatoms. The Kier molecular flexibility index (Phi) is 9.33. The third-order valence-electron chi connectivity index (χ3n) is 5.07. The van der Waals surface area contributed by atoms with E-state index in [0.717, 1.165) is 12.1 Å². The third-order valence-corrected chi connectivity index (χ3v) is 5.07. The van der Waals surface area contributed by atoms with Crippen molar-refractivity contribution in [1.82, 2.24) is 14.7 Å². The van der Waals surface area contributed by atoms with Crippen LogP contribution in [0.3, 0.4) is 0 Å². The highest BCUT2D eigenvalue weighted by Crippen LogP contribution is 2.14. The summed E-state index contributed by atoms with van der Waals surface area (Å²) in [5.74, 6) is -1.80. The molecule has 1 saturated heterocycles. The van der Waals surface area contributed by atoms with Crippen molar-refractivity contribution in [2.45, 2.75) is 12.5 Å². The van der Waals surface area contributed by atoms with Gasteiger partial charge in [0.05, 0.1) is 26.3 Å². The molecule has 1 aliphatic rings. The predicted molar refractivity (Wildman–Crippen MR) is 110 cm³/mol. The molecule has 29 heavy (non-hydrogen) atoms. The summed E-state index contributed by atoms with van der Waals surface area (Å²) in [6, 6.07) is 7.36. The lowest BCUT2D eigenvalue weighted by molar-refractivity contribution is -0.141. The van der Waals surface area contributed by atoms with E-state index < -0.39 is 11.9 Å². The van der Waals surface area contributed by atoms with Gasteiger partial charge in [0.1, 0.15) is 0 Å². The highest BCUT2D eigenvalue weighted by Gasteiger charge is 2.25. The normalized spacial score (nSPS) is 21.2. The molecule has 4 N–H and O–H groups in total. The first-order chi connectivity index (χ1) is 13.8. The second-order valence-electron chi connectivity index (χ2n) is 7.51. The molecule has 0 bridgehead atoms. The number of hydrogen-bond acceptors (Lipinski definition) is 7. The van der Waals surface area contributed by atoms with Gasteiger partial charge in [0.2, 0.25) is 0 Å². The zero-order valence-corrected chi connectivity index (χ0v) is 17.0. The van der Waals surface area contributed by atoms with Crippen LogP contribution in [0.15, 0.2) is 24.3 Å². The van der Waals surface area contributed by atoms with Crippen molar-refractivity contribution in [3.05, 3.63) is 29.8 Å². The summed E-state index contributed by atoms with van der Waals surface area (Å²) in [5, 5.41) is 18.7. The van der Waals surface area contributed by atoms with Gasteiger partial charge in [0.15, 0.2) is 0 Å². The van der Waals surface area contributed by atoms with E-state index in [1.165, 1.54) is 0 Å². The molecule has 9 nitrogen and oxygen atoms in total. The van der Waals surface area contributed by atoms with E-state index in [0.29, 0.717) is 51.5 Å². The molecule has 0 radical (unpaired) electrons. The topological polar surface area (TPSA) is 120 Å². The first-order valence-electron chi connectivity index (χ1n) is 9.84. The Morgan fingerprint density at radius 2 is 1.69 bits per heavy atom. The maximum absolute atomic E-state index is 11.5. The zero-order chi connectivity index (χ0) is 21.2. The summed E-state index contributed by atoms with van der Waals surface area (Å²) in [6.07, 6.45) is 0.605. The second kappa shape index (κ2) is 11.7. The molecule has 2 rings (SSSR count). The van der Waals surface area contributed by atoms with Crippen molar-refractivity contribution in [2.24, 2.45) is 0 Å². The van der Waals surface area contributed by atoms with Crippen molar-refractivity contribution in [3.8, 4) is 0 Å². The average molecular weight is 408 g/mol. The standard InChI is InChI=1S/C20H32N4O5/c1-22-6-7-24(15-20(27)28)18(12-16-2-4-17(21)5-3-16)13-23(14-19(25)26)9-11-29-10-8-22/h2-5,18H,6-15,21H2,1H3,(H,25,26)(H,27,28)/t18-/m1/s1. The first-order valence-corrected chi connectivity index (χ1v) is 9.84. The summed E-state index contributed by atoms with van der Waals surface area (Å²) in [4.78, 5) is 28.7. The van der Waals surface area contributed by atoms with E-state index in [4.69, 9.17) is 10.5 Å². The molecule has 1 fully saturated rings. The van der Waals surface area contributed by atoms with E-state index >= 15 is 0 Å². The summed E-state index contributed by atoms with van der Waals surface area (Å²) < 4.78 is 5.65. The second-order valence-corrected chi connectivity index (χ2v) is 7.51. The average Bonchev–Trinajstić information content (AvgIpc) is 2.64. The highest BCUT2D eigenvalue weighted by atomic mass is 16.5. The van der Waals surface area contributed by atoms with E-state index in [9.17, 15) is 19.8 Å². The SMILES string of the molecule is CN1CCOCCN(CC(=O)O)C[C@@H](Cc2ccc(N)cc2)N(CC(=O)O)CC1. The first kappa shape index (κ1) is 23.1. The molecule has 1 heterocycles. The fraction of sp³-hybridized carbons (Fsp3) is 0.600. The van der Waals surface area contributed by atoms with Crippen LogP contribution in [0.4, 0.5) is 5.69 Å². The lowest BCUT2D eigenvalue weighted by Gasteiger charge is -2.36. The monoisotopic (exact) mass is 408 g/mol. The lowest BCUT2D eigenvalue weighted by Crippen LogP contribution is -2.51. The smallest absolute Gasteiger partial charge is 0.317 e. The molecule has 1 aromatic carbocycles. The van der Waals surface area contributed by atoms with E-state index in [1.54, 1.807) is 0 Å². The molecular weight excluding hydrogens is 376 g/mol. The maximum atomic E-state index is 11.5. The zero-order valence-electron chi connectivity index (χ0n) is 17.0. The van der Waals surface area contributed by atoms with Gasteiger partial charge in [-0.05, 0) is 31.2 Å². The summed E-state index contributed by atoms with van der Waals surface area (Å²) in [7, 11) is 1.99. The number of rotatable bonds is 6. The predicted octanol–water partition coefficient (Wildman–Crippen LogP) is -0.0849. The fourth-order valence-corrected chi connectivity index (χ4v) is 3.45. The Hall–Kier alpha value is -2.20. The largest absolute Gasteiger partial charge is 0.480 e. The summed E-state index contributed by atoms with van der Waals surface area (Å²) in [5.41, 5.74) is 7.48. The van der Waals surface area contributed by atoms with Crippen molar-refractivity contribution in [1.29, 1.82) is 0 Å². The molecule has 1 aliphatic heterocycles. The van der Waals surface area contributed by atoms with Gasteiger partial charge in [0, 0.05) is 44.5 Å². The van der Waals surface area contributed by atoms with E-state index in [-0.39, 0.29) is 19.1 Å². The molecular formula is C20H32N4O5. The van der Waals surface area contributed by atoms with Crippen LogP contribution >= 0.6 is 0 Å². The highest BCUT2D eigenvalue weighted by molar-refractivity contribution is 5.69. The third kappa shape index (κ3) is 8.78. The van der Waals surface area contributed by atoms with Gasteiger partial charge in [-0.2, -0.15) is 0 Å². The van der Waals surface area contributed by atoms with Crippen LogP contribution in [0.5, 0.6) is 0 Å². The van der Waals surface area contributed by atoms with Gasteiger partial charge >= 0.3 is 11.9 Å². The number of ether oxygens (including phenoxy) is 1. The van der Waals surface area contributed by atoms with Crippen LogP contribution < -0.4 is 5.73 Å². The Bertz CT molecular complexity index is 655. The lowest BCUT2D eigenvalue weighted by atomic mass is 10.0. The van der Waals surface area contributed by atoms with E-state index in [2.05, 4.69) is 4.90 Å². The quantitative estimate of drug-likeness (QED) is 0.555. The van der Waals surface area contributed by atoms with Crippen LogP contribution in [0, 0.1) is 0 Å². The van der Waals surface area contributed by atoms with Crippen molar-refractivity contribution >= 4 is 17.6 Å². The molecule has 0 unspecified atom stereocenters. The minimum absolute atomic E-state index is 0.0924. The van der Waals surface area contributed by atoms with Gasteiger partial charge in [-0.3, -0.25) is 19.4 Å². The number of aliphatic carboxylic acids is 2. The maximum Gasteiger partial charge on any atom is 0.317 e. The molecule has 0 aromatic heterocycles. The number of carboxylic acid groups (broad SMARTS) is 2. The van der Waals surface area contributed by atoms with Gasteiger partial charge in [-0.1, -0.05) is 12.1 Å². The molecule has 0 spiro atoms. The van der Waals surface area contributed by atoms with Gasteiger partial charge in [-0.25, -0.2) is 0 Å². The summed E-state index contributed by atoms with van der Waals surface area (Å²) in [6.45, 7) is 3.74. The number of nitrogen functional groups attached to an aromatic ring is 1. The van der Waals surface area contributed by atoms with Gasteiger partial charge in [0.25, 0.3) is 0 Å². The summed E-state index contributed by atoms with van der Waals surface area (Å²) >= 11 is 0. The van der Waals surface area contributed by atoms with Gasteiger partial charge < -0.3 is 25.6 Å². The number of nitrogens with zero attached hydrogens (tertiary/aromatic N) is 3.